The van der Waals surface area contributed by atoms with Crippen molar-refractivity contribution >= 4 is 6.21 Å². The monoisotopic (exact) mass is 320 g/mol. The second-order valence-electron chi connectivity index (χ2n) is 5.58. The van der Waals surface area contributed by atoms with E-state index in [9.17, 15) is 4.39 Å². The zero-order valence-corrected chi connectivity index (χ0v) is 13.5. The van der Waals surface area contributed by atoms with E-state index in [1.54, 1.807) is 19.3 Å². The number of aryl methyl sites for hydroxylation is 2. The van der Waals surface area contributed by atoms with E-state index in [4.69, 9.17) is 5.41 Å². The molecule has 4 nitrogen and oxygen atoms in total. The molecule has 1 aromatic carbocycles. The van der Waals surface area contributed by atoms with Crippen molar-refractivity contribution < 1.29 is 4.39 Å². The molecule has 0 atom stereocenters. The van der Waals surface area contributed by atoms with Gasteiger partial charge in [-0.25, -0.2) is 14.4 Å². The standard InChI is InChI=1S/C19H17FN4/c1-12-11-16(20)13(2)10-15(12)19-14(4-3-8-23-19)17-6-9-22-18(24-17)5-7-21/h3-4,6-11,21H,5H2,1-2H3. The Morgan fingerprint density at radius 1 is 1.04 bits per heavy atom. The summed E-state index contributed by atoms with van der Waals surface area (Å²) < 4.78 is 13.8. The largest absolute Gasteiger partial charge is 0.313 e. The van der Waals surface area contributed by atoms with Gasteiger partial charge in [0.15, 0.2) is 0 Å². The molecule has 0 saturated heterocycles. The highest BCUT2D eigenvalue weighted by molar-refractivity contribution is 5.80. The van der Waals surface area contributed by atoms with Gasteiger partial charge in [-0.3, -0.25) is 4.98 Å². The van der Waals surface area contributed by atoms with Crippen LogP contribution in [-0.4, -0.2) is 21.2 Å². The third-order valence-electron chi connectivity index (χ3n) is 3.83. The van der Waals surface area contributed by atoms with E-state index in [1.807, 2.05) is 31.2 Å². The van der Waals surface area contributed by atoms with E-state index in [-0.39, 0.29) is 5.82 Å². The number of aromatic nitrogens is 3. The maximum absolute atomic E-state index is 13.8. The lowest BCUT2D eigenvalue weighted by Gasteiger charge is -2.12. The first kappa shape index (κ1) is 15.9. The van der Waals surface area contributed by atoms with Gasteiger partial charge in [-0.2, -0.15) is 0 Å². The molecule has 2 aromatic heterocycles. The highest BCUT2D eigenvalue weighted by Gasteiger charge is 2.14. The number of rotatable bonds is 4. The minimum atomic E-state index is -0.218. The lowest BCUT2D eigenvalue weighted by molar-refractivity contribution is 0.617. The molecular formula is C19H17FN4. The fourth-order valence-electron chi connectivity index (χ4n) is 2.60. The molecule has 0 aliphatic carbocycles. The first-order valence-corrected chi connectivity index (χ1v) is 7.63. The molecule has 0 amide bonds. The molecule has 0 unspecified atom stereocenters. The van der Waals surface area contributed by atoms with Crippen LogP contribution in [0.4, 0.5) is 4.39 Å². The summed E-state index contributed by atoms with van der Waals surface area (Å²) in [6.07, 6.45) is 5.06. The first-order valence-electron chi connectivity index (χ1n) is 7.63. The Morgan fingerprint density at radius 3 is 2.67 bits per heavy atom. The van der Waals surface area contributed by atoms with Crippen LogP contribution in [-0.2, 0) is 6.42 Å². The van der Waals surface area contributed by atoms with Crippen LogP contribution in [0.15, 0.2) is 42.7 Å². The SMILES string of the molecule is Cc1cc(-c2ncccc2-c2ccnc(CC=N)n2)c(C)cc1F. The highest BCUT2D eigenvalue weighted by Crippen LogP contribution is 2.32. The van der Waals surface area contributed by atoms with Crippen molar-refractivity contribution in [3.8, 4) is 22.5 Å². The molecule has 3 rings (SSSR count). The maximum atomic E-state index is 13.8. The third kappa shape index (κ3) is 3.06. The van der Waals surface area contributed by atoms with E-state index in [0.29, 0.717) is 17.8 Å². The number of nitrogens with one attached hydrogen (secondary N) is 1. The van der Waals surface area contributed by atoms with Crippen LogP contribution < -0.4 is 0 Å². The second kappa shape index (κ2) is 6.66. The van der Waals surface area contributed by atoms with Crippen LogP contribution in [0.25, 0.3) is 22.5 Å². The lowest BCUT2D eigenvalue weighted by atomic mass is 9.97. The first-order chi connectivity index (χ1) is 11.6. The number of halogens is 1. The summed E-state index contributed by atoms with van der Waals surface area (Å²) >= 11 is 0. The Bertz CT molecular complexity index is 906. The Labute approximate surface area is 140 Å². The van der Waals surface area contributed by atoms with E-state index in [0.717, 1.165) is 28.1 Å². The van der Waals surface area contributed by atoms with E-state index in [1.165, 1.54) is 12.3 Å². The van der Waals surface area contributed by atoms with Gasteiger partial charge < -0.3 is 5.41 Å². The Kier molecular flexibility index (Phi) is 4.42. The fourth-order valence-corrected chi connectivity index (χ4v) is 2.60. The molecule has 5 heteroatoms. The van der Waals surface area contributed by atoms with Crippen LogP contribution >= 0.6 is 0 Å². The number of hydrogen-bond donors (Lipinski definition) is 1. The molecule has 120 valence electrons. The third-order valence-corrected chi connectivity index (χ3v) is 3.83. The van der Waals surface area contributed by atoms with Crippen molar-refractivity contribution in [2.45, 2.75) is 20.3 Å². The summed E-state index contributed by atoms with van der Waals surface area (Å²) in [5.41, 5.74) is 4.66. The van der Waals surface area contributed by atoms with Crippen LogP contribution in [0, 0.1) is 25.1 Å². The fraction of sp³-hybridized carbons (Fsp3) is 0.158. The molecule has 0 spiro atoms. The van der Waals surface area contributed by atoms with Gasteiger partial charge in [0, 0.05) is 36.2 Å². The molecule has 2 heterocycles. The van der Waals surface area contributed by atoms with Gasteiger partial charge in [-0.15, -0.1) is 0 Å². The summed E-state index contributed by atoms with van der Waals surface area (Å²) in [5, 5.41) is 7.21. The predicted molar refractivity (Wildman–Crippen MR) is 92.6 cm³/mol. The van der Waals surface area contributed by atoms with Crippen LogP contribution in [0.3, 0.4) is 0 Å². The van der Waals surface area contributed by atoms with E-state index < -0.39 is 0 Å². The van der Waals surface area contributed by atoms with Crippen LogP contribution in [0.2, 0.25) is 0 Å². The van der Waals surface area contributed by atoms with Gasteiger partial charge in [-0.1, -0.05) is 0 Å². The summed E-state index contributed by atoms with van der Waals surface area (Å²) in [5.74, 6) is 0.369. The average molecular weight is 320 g/mol. The van der Waals surface area contributed by atoms with Crippen LogP contribution in [0.1, 0.15) is 17.0 Å². The van der Waals surface area contributed by atoms with E-state index >= 15 is 0 Å². The highest BCUT2D eigenvalue weighted by atomic mass is 19.1. The Morgan fingerprint density at radius 2 is 1.88 bits per heavy atom. The number of pyridine rings is 1. The zero-order chi connectivity index (χ0) is 17.1. The van der Waals surface area contributed by atoms with Gasteiger partial charge in [0.25, 0.3) is 0 Å². The molecule has 0 bridgehead atoms. The summed E-state index contributed by atoms with van der Waals surface area (Å²) in [7, 11) is 0. The zero-order valence-electron chi connectivity index (χ0n) is 13.5. The van der Waals surface area contributed by atoms with Gasteiger partial charge in [0.2, 0.25) is 0 Å². The molecule has 3 aromatic rings. The van der Waals surface area contributed by atoms with Gasteiger partial charge in [-0.05, 0) is 55.3 Å². The van der Waals surface area contributed by atoms with Crippen molar-refractivity contribution in [3.63, 3.8) is 0 Å². The molecule has 0 fully saturated rings. The smallest absolute Gasteiger partial charge is 0.134 e. The second-order valence-corrected chi connectivity index (χ2v) is 5.58. The van der Waals surface area contributed by atoms with Crippen molar-refractivity contribution in [2.24, 2.45) is 0 Å². The van der Waals surface area contributed by atoms with Gasteiger partial charge in [0.1, 0.15) is 11.6 Å². The molecule has 0 aliphatic rings. The van der Waals surface area contributed by atoms with Crippen LogP contribution in [0.5, 0.6) is 0 Å². The minimum Gasteiger partial charge on any atom is -0.313 e. The average Bonchev–Trinajstić information content (AvgIpc) is 2.59. The molecule has 0 radical (unpaired) electrons. The molecule has 1 N–H and O–H groups in total. The minimum absolute atomic E-state index is 0.218. The maximum Gasteiger partial charge on any atom is 0.134 e. The van der Waals surface area contributed by atoms with Crippen molar-refractivity contribution in [1.82, 2.24) is 15.0 Å². The lowest BCUT2D eigenvalue weighted by Crippen LogP contribution is -1.99. The van der Waals surface area contributed by atoms with E-state index in [2.05, 4.69) is 15.0 Å². The van der Waals surface area contributed by atoms with Crippen molar-refractivity contribution in [2.75, 3.05) is 0 Å². The molecule has 0 saturated carbocycles. The van der Waals surface area contributed by atoms with Gasteiger partial charge >= 0.3 is 0 Å². The van der Waals surface area contributed by atoms with Gasteiger partial charge in [0.05, 0.1) is 11.4 Å². The number of nitrogens with zero attached hydrogens (tertiary/aromatic N) is 3. The topological polar surface area (TPSA) is 62.5 Å². The Balaban J connectivity index is 2.17. The Hall–Kier alpha value is -2.95. The quantitative estimate of drug-likeness (QED) is 0.734. The number of hydrogen-bond acceptors (Lipinski definition) is 4. The van der Waals surface area contributed by atoms with Crippen molar-refractivity contribution in [1.29, 1.82) is 5.41 Å². The predicted octanol–water partition coefficient (Wildman–Crippen LogP) is 4.15. The summed E-state index contributed by atoms with van der Waals surface area (Å²) in [6.45, 7) is 3.62. The normalized spacial score (nSPS) is 10.6. The summed E-state index contributed by atoms with van der Waals surface area (Å²) in [6, 6.07) is 8.96. The molecule has 24 heavy (non-hydrogen) atoms. The number of benzene rings is 1. The summed E-state index contributed by atoms with van der Waals surface area (Å²) in [4.78, 5) is 13.2. The molecular weight excluding hydrogens is 303 g/mol. The van der Waals surface area contributed by atoms with Crippen molar-refractivity contribution in [3.05, 3.63) is 65.5 Å². The molecule has 0 aliphatic heterocycles.